The van der Waals surface area contributed by atoms with Gasteiger partial charge in [0.1, 0.15) is 6.04 Å². The molecule has 6 heteroatoms. The zero-order chi connectivity index (χ0) is 15.8. The number of rotatable bonds is 8. The third-order valence-electron chi connectivity index (χ3n) is 3.50. The van der Waals surface area contributed by atoms with Gasteiger partial charge < -0.3 is 15.3 Å². The van der Waals surface area contributed by atoms with Gasteiger partial charge in [0.2, 0.25) is 0 Å². The zero-order valence-corrected chi connectivity index (χ0v) is 13.7. The molecule has 1 heterocycles. The van der Waals surface area contributed by atoms with Gasteiger partial charge in [-0.15, -0.1) is 11.3 Å². The van der Waals surface area contributed by atoms with Crippen molar-refractivity contribution in [2.24, 2.45) is 0 Å². The van der Waals surface area contributed by atoms with Crippen molar-refractivity contribution < 1.29 is 14.7 Å². The number of nitrogens with one attached hydrogen (secondary N) is 1. The van der Waals surface area contributed by atoms with E-state index in [1.807, 2.05) is 31.4 Å². The molecule has 0 bridgehead atoms. The lowest BCUT2D eigenvalue weighted by atomic mass is 10.1. The van der Waals surface area contributed by atoms with E-state index in [0.29, 0.717) is 6.42 Å². The van der Waals surface area contributed by atoms with E-state index in [1.54, 1.807) is 23.3 Å². The second kappa shape index (κ2) is 8.67. The molecule has 21 heavy (non-hydrogen) atoms. The minimum absolute atomic E-state index is 0.0178. The lowest BCUT2D eigenvalue weighted by molar-refractivity contribution is -0.139. The highest BCUT2D eigenvalue weighted by molar-refractivity contribution is 7.09. The molecule has 0 aliphatic carbocycles. The quantitative estimate of drug-likeness (QED) is 0.775. The van der Waals surface area contributed by atoms with E-state index in [4.69, 9.17) is 5.11 Å². The molecular weight excluding hydrogens is 288 g/mol. The summed E-state index contributed by atoms with van der Waals surface area (Å²) in [4.78, 5) is 26.1. The van der Waals surface area contributed by atoms with Crippen molar-refractivity contribution in [2.75, 3.05) is 7.05 Å². The number of amides is 2. The number of nitrogens with zero attached hydrogens (tertiary/aromatic N) is 1. The summed E-state index contributed by atoms with van der Waals surface area (Å²) in [5.41, 5.74) is 0. The van der Waals surface area contributed by atoms with Crippen LogP contribution in [0.4, 0.5) is 4.79 Å². The molecule has 0 aliphatic heterocycles. The fraction of sp³-hybridized carbons (Fsp3) is 0.600. The highest BCUT2D eigenvalue weighted by Gasteiger charge is 2.23. The predicted octanol–water partition coefficient (Wildman–Crippen LogP) is 2.96. The van der Waals surface area contributed by atoms with Crippen LogP contribution < -0.4 is 5.32 Å². The molecule has 118 valence electrons. The van der Waals surface area contributed by atoms with Crippen LogP contribution in [0.3, 0.4) is 0 Å². The van der Waals surface area contributed by atoms with Gasteiger partial charge in [-0.2, -0.15) is 0 Å². The molecule has 0 radical (unpaired) electrons. The molecule has 1 aromatic heterocycles. The summed E-state index contributed by atoms with van der Waals surface area (Å²) in [6, 6.07) is 2.90. The van der Waals surface area contributed by atoms with Crippen LogP contribution in [0.2, 0.25) is 0 Å². The lowest BCUT2D eigenvalue weighted by Gasteiger charge is -2.26. The van der Waals surface area contributed by atoms with Crippen molar-refractivity contribution in [3.05, 3.63) is 22.4 Å². The van der Waals surface area contributed by atoms with Gasteiger partial charge in [-0.3, -0.25) is 0 Å². The second-order valence-electron chi connectivity index (χ2n) is 5.23. The second-order valence-corrected chi connectivity index (χ2v) is 6.26. The number of aliphatic carboxylic acids is 1. The van der Waals surface area contributed by atoms with Gasteiger partial charge in [0.25, 0.3) is 0 Å². The van der Waals surface area contributed by atoms with Crippen molar-refractivity contribution >= 4 is 23.3 Å². The Bertz CT molecular complexity index is 448. The molecule has 0 aromatic carbocycles. The monoisotopic (exact) mass is 312 g/mol. The first-order valence-corrected chi connectivity index (χ1v) is 8.12. The third-order valence-corrected chi connectivity index (χ3v) is 4.40. The Kier molecular flexibility index (Phi) is 7.22. The molecule has 2 N–H and O–H groups in total. The Morgan fingerprint density at radius 3 is 2.71 bits per heavy atom. The van der Waals surface area contributed by atoms with Gasteiger partial charge in [-0.1, -0.05) is 25.8 Å². The molecule has 0 aliphatic rings. The Labute approximate surface area is 130 Å². The highest BCUT2D eigenvalue weighted by atomic mass is 32.1. The molecular formula is C15H24N2O3S. The molecule has 2 unspecified atom stereocenters. The summed E-state index contributed by atoms with van der Waals surface area (Å²) in [6.07, 6.45) is 2.93. The Morgan fingerprint density at radius 1 is 1.48 bits per heavy atom. The van der Waals surface area contributed by atoms with Crippen LogP contribution in [0.25, 0.3) is 0 Å². The number of hydrogen-bond acceptors (Lipinski definition) is 3. The number of carbonyl (C=O) groups is 2. The highest BCUT2D eigenvalue weighted by Crippen LogP contribution is 2.13. The molecule has 2 atom stereocenters. The summed E-state index contributed by atoms with van der Waals surface area (Å²) < 4.78 is 0. The van der Waals surface area contributed by atoms with E-state index in [9.17, 15) is 9.59 Å². The number of carboxylic acids is 1. The molecule has 0 spiro atoms. The number of hydrogen-bond donors (Lipinski definition) is 2. The van der Waals surface area contributed by atoms with Crippen LogP contribution in [0, 0.1) is 0 Å². The Balaban J connectivity index is 2.53. The average Bonchev–Trinajstić information content (AvgIpc) is 2.94. The first kappa shape index (κ1) is 17.5. The van der Waals surface area contributed by atoms with Crippen LogP contribution in [-0.4, -0.2) is 41.1 Å². The van der Waals surface area contributed by atoms with E-state index in [-0.39, 0.29) is 12.1 Å². The fourth-order valence-electron chi connectivity index (χ4n) is 1.97. The minimum atomic E-state index is -0.976. The first-order valence-electron chi connectivity index (χ1n) is 7.24. The van der Waals surface area contributed by atoms with Gasteiger partial charge in [0.15, 0.2) is 0 Å². The first-order chi connectivity index (χ1) is 9.95. The third kappa shape index (κ3) is 5.75. The van der Waals surface area contributed by atoms with Gasteiger partial charge in [-0.25, -0.2) is 9.59 Å². The summed E-state index contributed by atoms with van der Waals surface area (Å²) in [6.45, 7) is 3.96. The van der Waals surface area contributed by atoms with Gasteiger partial charge in [0, 0.05) is 24.4 Å². The van der Waals surface area contributed by atoms with Crippen molar-refractivity contribution in [2.45, 2.75) is 51.6 Å². The average molecular weight is 312 g/mol. The number of carboxylic acid groups (broad SMARTS) is 1. The molecule has 2 amide bonds. The summed E-state index contributed by atoms with van der Waals surface area (Å²) in [5, 5.41) is 13.8. The van der Waals surface area contributed by atoms with Crippen molar-refractivity contribution in [3.8, 4) is 0 Å². The van der Waals surface area contributed by atoms with Crippen molar-refractivity contribution in [1.29, 1.82) is 0 Å². The van der Waals surface area contributed by atoms with E-state index in [0.717, 1.165) is 19.3 Å². The fourth-order valence-corrected chi connectivity index (χ4v) is 2.80. The molecule has 0 saturated heterocycles. The van der Waals surface area contributed by atoms with Crippen molar-refractivity contribution in [1.82, 2.24) is 10.2 Å². The predicted molar refractivity (Wildman–Crippen MR) is 84.7 cm³/mol. The SMILES string of the molecule is CCCCC(NC(=O)N(C)C(C)Cc1cccs1)C(=O)O. The van der Waals surface area contributed by atoms with Crippen LogP contribution >= 0.6 is 11.3 Å². The number of unbranched alkanes of at least 4 members (excludes halogenated alkanes) is 1. The normalized spacial score (nSPS) is 13.5. The summed E-state index contributed by atoms with van der Waals surface area (Å²) in [7, 11) is 1.70. The molecule has 5 nitrogen and oxygen atoms in total. The molecule has 1 aromatic rings. The summed E-state index contributed by atoms with van der Waals surface area (Å²) >= 11 is 1.66. The standard InChI is InChI=1S/C15H24N2O3S/c1-4-5-8-13(14(18)19)16-15(20)17(3)11(2)10-12-7-6-9-21-12/h6-7,9,11,13H,4-5,8,10H2,1-3H3,(H,16,20)(H,18,19). The van der Waals surface area contributed by atoms with Crippen LogP contribution in [0.15, 0.2) is 17.5 Å². The van der Waals surface area contributed by atoms with Gasteiger partial charge >= 0.3 is 12.0 Å². The van der Waals surface area contributed by atoms with Crippen LogP contribution in [-0.2, 0) is 11.2 Å². The maximum Gasteiger partial charge on any atom is 0.326 e. The van der Waals surface area contributed by atoms with E-state index in [2.05, 4.69) is 5.32 Å². The largest absolute Gasteiger partial charge is 0.480 e. The molecule has 0 saturated carbocycles. The topological polar surface area (TPSA) is 69.6 Å². The maximum absolute atomic E-state index is 12.1. The zero-order valence-electron chi connectivity index (χ0n) is 12.8. The number of likely N-dealkylation sites (N-methyl/N-ethyl adjacent to an activating group) is 1. The maximum atomic E-state index is 12.1. The van der Waals surface area contributed by atoms with E-state index < -0.39 is 12.0 Å². The molecule has 1 rings (SSSR count). The van der Waals surface area contributed by atoms with Crippen molar-refractivity contribution in [3.63, 3.8) is 0 Å². The van der Waals surface area contributed by atoms with Gasteiger partial charge in [-0.05, 0) is 24.8 Å². The Morgan fingerprint density at radius 2 is 2.19 bits per heavy atom. The lowest BCUT2D eigenvalue weighted by Crippen LogP contribution is -2.49. The number of carbonyl (C=O) groups excluding carboxylic acids is 1. The minimum Gasteiger partial charge on any atom is -0.480 e. The molecule has 0 fully saturated rings. The van der Waals surface area contributed by atoms with E-state index >= 15 is 0 Å². The number of thiophene rings is 1. The summed E-state index contributed by atoms with van der Waals surface area (Å²) in [5.74, 6) is -0.976. The van der Waals surface area contributed by atoms with Crippen LogP contribution in [0.5, 0.6) is 0 Å². The Hall–Kier alpha value is -1.56. The number of urea groups is 1. The van der Waals surface area contributed by atoms with E-state index in [1.165, 1.54) is 4.88 Å². The van der Waals surface area contributed by atoms with Crippen LogP contribution in [0.1, 0.15) is 38.0 Å². The smallest absolute Gasteiger partial charge is 0.326 e. The van der Waals surface area contributed by atoms with Gasteiger partial charge in [0.05, 0.1) is 0 Å².